The Hall–Kier alpha value is -0.680. The number of nitrogens with zero attached hydrogens (tertiary/aromatic N) is 2. The number of hydrogen-bond donors (Lipinski definition) is 0. The lowest BCUT2D eigenvalue weighted by molar-refractivity contribution is -0.946. The van der Waals surface area contributed by atoms with Crippen LogP contribution in [0.2, 0.25) is 0 Å². The third kappa shape index (κ3) is 5.76. The van der Waals surface area contributed by atoms with Crippen LogP contribution in [-0.4, -0.2) is 61.3 Å². The molecule has 0 amide bonds. The Balaban J connectivity index is 0.00000144. The summed E-state index contributed by atoms with van der Waals surface area (Å²) in [5.41, 5.74) is 3.23. The van der Waals surface area contributed by atoms with Gasteiger partial charge in [0.25, 0.3) is 0 Å². The summed E-state index contributed by atoms with van der Waals surface area (Å²) in [4.78, 5) is 0. The zero-order valence-electron chi connectivity index (χ0n) is 21.3. The fourth-order valence-corrected chi connectivity index (χ4v) is 8.43. The molecule has 2 atom stereocenters. The molecular formula is C31H44Br2N2. The lowest BCUT2D eigenvalue weighted by atomic mass is 9.73. The summed E-state index contributed by atoms with van der Waals surface area (Å²) >= 11 is 0. The van der Waals surface area contributed by atoms with E-state index >= 15 is 0 Å². The zero-order valence-corrected chi connectivity index (χ0v) is 24.5. The van der Waals surface area contributed by atoms with Crippen molar-refractivity contribution in [3.63, 3.8) is 0 Å². The highest BCUT2D eigenvalue weighted by Gasteiger charge is 2.47. The second kappa shape index (κ2) is 11.8. The predicted molar refractivity (Wildman–Crippen MR) is 137 cm³/mol. The summed E-state index contributed by atoms with van der Waals surface area (Å²) in [6.45, 7) is 11.5. The minimum Gasteiger partial charge on any atom is -1.00 e. The minimum atomic E-state index is 0. The molecule has 0 spiro atoms. The van der Waals surface area contributed by atoms with Gasteiger partial charge in [0.2, 0.25) is 0 Å². The number of benzene rings is 2. The molecule has 2 nitrogen and oxygen atoms in total. The van der Waals surface area contributed by atoms with E-state index in [9.17, 15) is 0 Å². The first kappa shape index (κ1) is 27.4. The normalized spacial score (nSPS) is 35.2. The van der Waals surface area contributed by atoms with E-state index in [0.29, 0.717) is 0 Å². The van der Waals surface area contributed by atoms with Crippen LogP contribution < -0.4 is 34.0 Å². The molecule has 0 saturated carbocycles. The van der Waals surface area contributed by atoms with Gasteiger partial charge in [0, 0.05) is 37.5 Å². The number of halogens is 2. The second-order valence-corrected chi connectivity index (χ2v) is 12.2. The van der Waals surface area contributed by atoms with Crippen LogP contribution in [0, 0.1) is 11.8 Å². The van der Waals surface area contributed by atoms with E-state index in [1.54, 1.807) is 11.1 Å². The van der Waals surface area contributed by atoms with Gasteiger partial charge in [-0.1, -0.05) is 60.7 Å². The van der Waals surface area contributed by atoms with Crippen LogP contribution in [0.5, 0.6) is 0 Å². The van der Waals surface area contributed by atoms with Crippen LogP contribution in [0.4, 0.5) is 0 Å². The van der Waals surface area contributed by atoms with Gasteiger partial charge in [-0.2, -0.15) is 0 Å². The highest BCUT2D eigenvalue weighted by Crippen LogP contribution is 2.44. The lowest BCUT2D eigenvalue weighted by Crippen LogP contribution is -3.00. The van der Waals surface area contributed by atoms with Gasteiger partial charge in [0.1, 0.15) is 0 Å². The molecule has 8 rings (SSSR count). The third-order valence-corrected chi connectivity index (χ3v) is 10.4. The van der Waals surface area contributed by atoms with Crippen molar-refractivity contribution in [1.82, 2.24) is 0 Å². The molecule has 4 bridgehead atoms. The predicted octanol–water partition coefficient (Wildman–Crippen LogP) is 0.213. The average Bonchev–Trinajstić information content (AvgIpc) is 2.90. The van der Waals surface area contributed by atoms with Crippen molar-refractivity contribution < 1.29 is 42.9 Å². The molecule has 0 aromatic heterocycles. The van der Waals surface area contributed by atoms with Gasteiger partial charge in [-0.05, 0) is 42.2 Å². The number of fused-ring (bicyclic) bond motifs is 6. The molecule has 0 N–H and O–H groups in total. The standard InChI is InChI=1S/C31H44N2.2BrH/c1-4-10-26(11-5-1)30-24-32(20-14-28(30)15-21-32)18-8-3-9-19-33-22-16-29(17-23-33)31(25-33)27-12-6-2-7-13-27;;/h1-2,4-7,10-13,28-31H,3,8-9,14-25H2;2*1H/q+2;;/p-2. The zero-order chi connectivity index (χ0) is 22.1. The van der Waals surface area contributed by atoms with Gasteiger partial charge in [0.15, 0.2) is 0 Å². The molecule has 2 unspecified atom stereocenters. The summed E-state index contributed by atoms with van der Waals surface area (Å²) in [7, 11) is 0. The molecular weight excluding hydrogens is 560 g/mol. The van der Waals surface area contributed by atoms with E-state index in [1.165, 1.54) is 106 Å². The quantitative estimate of drug-likeness (QED) is 0.299. The number of piperidine rings is 6. The van der Waals surface area contributed by atoms with Gasteiger partial charge in [-0.25, -0.2) is 0 Å². The van der Waals surface area contributed by atoms with Gasteiger partial charge in [0.05, 0.1) is 52.4 Å². The molecule has 6 aliphatic rings. The molecule has 35 heavy (non-hydrogen) atoms. The molecule has 2 aromatic rings. The molecule has 6 heterocycles. The Bertz CT molecular complexity index is 827. The van der Waals surface area contributed by atoms with Gasteiger partial charge in [-0.3, -0.25) is 0 Å². The van der Waals surface area contributed by atoms with Gasteiger partial charge >= 0.3 is 0 Å². The van der Waals surface area contributed by atoms with Crippen molar-refractivity contribution in [1.29, 1.82) is 0 Å². The van der Waals surface area contributed by atoms with Crippen LogP contribution in [0.15, 0.2) is 60.7 Å². The summed E-state index contributed by atoms with van der Waals surface area (Å²) in [6.07, 6.45) is 10.2. The van der Waals surface area contributed by atoms with E-state index in [1.807, 2.05) is 0 Å². The first-order valence-electron chi connectivity index (χ1n) is 14.0. The third-order valence-electron chi connectivity index (χ3n) is 10.4. The maximum Gasteiger partial charge on any atom is 0.0859 e. The van der Waals surface area contributed by atoms with Crippen LogP contribution in [0.1, 0.15) is 67.9 Å². The van der Waals surface area contributed by atoms with Crippen molar-refractivity contribution in [3.8, 4) is 0 Å². The average molecular weight is 605 g/mol. The van der Waals surface area contributed by atoms with E-state index < -0.39 is 0 Å². The maximum atomic E-state index is 2.39. The Morgan fingerprint density at radius 2 is 0.886 bits per heavy atom. The molecule has 2 aromatic carbocycles. The van der Waals surface area contributed by atoms with Gasteiger partial charge < -0.3 is 42.9 Å². The van der Waals surface area contributed by atoms with Crippen LogP contribution in [0.25, 0.3) is 0 Å². The van der Waals surface area contributed by atoms with Crippen molar-refractivity contribution in [3.05, 3.63) is 71.8 Å². The SMILES string of the molecule is [Br-].[Br-].c1ccc(C2C[N+]3(CCCCC[N+]45CCC(CC4)C(c4ccccc4)C5)CCC2CC3)cc1. The lowest BCUT2D eigenvalue weighted by Gasteiger charge is -2.53. The number of unbranched alkanes of at least 4 members (excludes halogenated alkanes) is 2. The molecule has 192 valence electrons. The van der Waals surface area contributed by atoms with E-state index in [2.05, 4.69) is 60.7 Å². The monoisotopic (exact) mass is 602 g/mol. The Kier molecular flexibility index (Phi) is 9.22. The minimum absolute atomic E-state index is 0. The molecule has 0 aliphatic carbocycles. The van der Waals surface area contributed by atoms with Crippen molar-refractivity contribution >= 4 is 0 Å². The molecule has 6 saturated heterocycles. The molecule has 6 fully saturated rings. The summed E-state index contributed by atoms with van der Waals surface area (Å²) < 4.78 is 2.85. The van der Waals surface area contributed by atoms with E-state index in [0.717, 1.165) is 23.7 Å². The highest BCUT2D eigenvalue weighted by atomic mass is 79.9. The first-order chi connectivity index (χ1) is 16.2. The first-order valence-corrected chi connectivity index (χ1v) is 14.0. The summed E-state index contributed by atoms with van der Waals surface area (Å²) in [5.74, 6) is 3.53. The topological polar surface area (TPSA) is 0 Å². The van der Waals surface area contributed by atoms with Crippen LogP contribution in [0.3, 0.4) is 0 Å². The fraction of sp³-hybridized carbons (Fsp3) is 0.613. The number of hydrogen-bond acceptors (Lipinski definition) is 0. The molecule has 0 radical (unpaired) electrons. The Morgan fingerprint density at radius 3 is 1.26 bits per heavy atom. The molecule has 6 aliphatic heterocycles. The second-order valence-electron chi connectivity index (χ2n) is 12.2. The van der Waals surface area contributed by atoms with Crippen molar-refractivity contribution in [2.45, 2.75) is 56.8 Å². The Labute approximate surface area is 234 Å². The van der Waals surface area contributed by atoms with Gasteiger partial charge in [-0.15, -0.1) is 0 Å². The summed E-state index contributed by atoms with van der Waals surface area (Å²) in [5, 5.41) is 0. The fourth-order valence-electron chi connectivity index (χ4n) is 8.43. The number of rotatable bonds is 8. The molecule has 4 heteroatoms. The van der Waals surface area contributed by atoms with Crippen LogP contribution in [-0.2, 0) is 0 Å². The van der Waals surface area contributed by atoms with E-state index in [4.69, 9.17) is 0 Å². The Morgan fingerprint density at radius 1 is 0.514 bits per heavy atom. The van der Waals surface area contributed by atoms with E-state index in [-0.39, 0.29) is 34.0 Å². The van der Waals surface area contributed by atoms with Crippen LogP contribution >= 0.6 is 0 Å². The smallest absolute Gasteiger partial charge is 0.0859 e. The number of quaternary nitrogens is 2. The van der Waals surface area contributed by atoms with Crippen molar-refractivity contribution in [2.75, 3.05) is 52.4 Å². The van der Waals surface area contributed by atoms with Crippen molar-refractivity contribution in [2.24, 2.45) is 11.8 Å². The maximum absolute atomic E-state index is 2.39. The highest BCUT2D eigenvalue weighted by molar-refractivity contribution is 5.22. The summed E-state index contributed by atoms with van der Waals surface area (Å²) in [6, 6.07) is 22.9. The largest absolute Gasteiger partial charge is 1.00 e.